The van der Waals surface area contributed by atoms with Gasteiger partial charge in [-0.3, -0.25) is 4.79 Å². The lowest BCUT2D eigenvalue weighted by Gasteiger charge is -2.15. The van der Waals surface area contributed by atoms with Crippen molar-refractivity contribution in [3.8, 4) is 0 Å². The highest BCUT2D eigenvalue weighted by molar-refractivity contribution is 6.32. The summed E-state index contributed by atoms with van der Waals surface area (Å²) in [6.45, 7) is 2.49. The van der Waals surface area contributed by atoms with Crippen molar-refractivity contribution in [1.29, 1.82) is 0 Å². The molecule has 1 rings (SSSR count). The number of hydrogen-bond donors (Lipinski definition) is 0. The first-order valence-corrected chi connectivity index (χ1v) is 5.49. The number of amides is 1. The van der Waals surface area contributed by atoms with Crippen LogP contribution in [0.1, 0.15) is 18.1 Å². The van der Waals surface area contributed by atoms with Crippen molar-refractivity contribution in [2.24, 2.45) is 0 Å². The van der Waals surface area contributed by atoms with Crippen LogP contribution in [0.5, 0.6) is 0 Å². The number of carbonyl (C=O) groups is 2. The lowest BCUT2D eigenvalue weighted by atomic mass is 10.1. The molecule has 0 bridgehead atoms. The smallest absolute Gasteiger partial charge is 0.396 e. The monoisotopic (exact) mass is 235 g/mol. The van der Waals surface area contributed by atoms with E-state index in [1.165, 1.54) is 17.6 Å². The fraction of sp³-hybridized carbons (Fsp3) is 0.385. The van der Waals surface area contributed by atoms with Crippen molar-refractivity contribution in [1.82, 2.24) is 4.90 Å². The summed E-state index contributed by atoms with van der Waals surface area (Å²) in [7, 11) is 2.77. The molecule has 0 atom stereocenters. The van der Waals surface area contributed by atoms with Gasteiger partial charge in [0.15, 0.2) is 0 Å². The van der Waals surface area contributed by atoms with Crippen molar-refractivity contribution in [2.45, 2.75) is 19.9 Å². The number of aryl methyl sites for hydroxylation is 1. The Hall–Kier alpha value is -1.84. The summed E-state index contributed by atoms with van der Waals surface area (Å²) in [6, 6.07) is 7.96. The summed E-state index contributed by atoms with van der Waals surface area (Å²) < 4.78 is 4.38. The van der Waals surface area contributed by atoms with E-state index >= 15 is 0 Å². The number of rotatable bonds is 3. The number of carbonyl (C=O) groups excluding carboxylic acids is 2. The molecule has 17 heavy (non-hydrogen) atoms. The van der Waals surface area contributed by atoms with Crippen molar-refractivity contribution in [2.75, 3.05) is 14.2 Å². The molecule has 4 nitrogen and oxygen atoms in total. The fourth-order valence-electron chi connectivity index (χ4n) is 1.47. The Morgan fingerprint density at radius 2 is 1.71 bits per heavy atom. The van der Waals surface area contributed by atoms with Crippen molar-refractivity contribution in [3.63, 3.8) is 0 Å². The Labute approximate surface area is 101 Å². The summed E-state index contributed by atoms with van der Waals surface area (Å²) in [5, 5.41) is 0. The zero-order chi connectivity index (χ0) is 12.8. The molecule has 0 N–H and O–H groups in total. The fourth-order valence-corrected chi connectivity index (χ4v) is 1.47. The number of nitrogens with zero attached hydrogens (tertiary/aromatic N) is 1. The minimum atomic E-state index is -0.835. The lowest BCUT2D eigenvalue weighted by molar-refractivity contribution is -0.157. The van der Waals surface area contributed by atoms with Gasteiger partial charge in [-0.2, -0.15) is 0 Å². The second kappa shape index (κ2) is 6.03. The molecule has 1 aromatic rings. The molecule has 0 aliphatic rings. The van der Waals surface area contributed by atoms with Gasteiger partial charge in [-0.25, -0.2) is 4.79 Å². The zero-order valence-corrected chi connectivity index (χ0v) is 10.4. The predicted octanol–water partition coefficient (Wildman–Crippen LogP) is 1.38. The van der Waals surface area contributed by atoms with Crippen LogP contribution in [-0.2, 0) is 27.3 Å². The number of methoxy groups -OCH3 is 1. The van der Waals surface area contributed by atoms with Crippen LogP contribution in [0, 0.1) is 0 Å². The second-order valence-corrected chi connectivity index (χ2v) is 3.82. The van der Waals surface area contributed by atoms with Gasteiger partial charge >= 0.3 is 11.9 Å². The molecule has 4 heteroatoms. The zero-order valence-electron chi connectivity index (χ0n) is 10.4. The van der Waals surface area contributed by atoms with Crippen LogP contribution in [0.3, 0.4) is 0 Å². The summed E-state index contributed by atoms with van der Waals surface area (Å²) in [6.07, 6.45) is 0.983. The molecule has 0 aliphatic carbocycles. The Morgan fingerprint density at radius 3 is 2.18 bits per heavy atom. The van der Waals surface area contributed by atoms with E-state index < -0.39 is 11.9 Å². The number of esters is 1. The average Bonchev–Trinajstić information content (AvgIpc) is 2.37. The van der Waals surface area contributed by atoms with Gasteiger partial charge < -0.3 is 9.64 Å². The highest BCUT2D eigenvalue weighted by atomic mass is 16.5. The Balaban J connectivity index is 2.64. The average molecular weight is 235 g/mol. The molecular formula is C13H17NO3. The number of likely N-dealkylation sites (N-methyl/N-ethyl adjacent to an activating group) is 1. The molecule has 0 fully saturated rings. The third-order valence-electron chi connectivity index (χ3n) is 2.56. The SMILES string of the molecule is CCc1ccc(CN(C)C(=O)C(=O)OC)cc1. The summed E-state index contributed by atoms with van der Waals surface area (Å²) in [5.41, 5.74) is 2.23. The molecule has 0 aromatic heterocycles. The van der Waals surface area contributed by atoms with Gasteiger partial charge in [-0.15, -0.1) is 0 Å². The number of ether oxygens (including phenoxy) is 1. The van der Waals surface area contributed by atoms with Crippen molar-refractivity contribution < 1.29 is 14.3 Å². The van der Waals surface area contributed by atoms with E-state index in [-0.39, 0.29) is 0 Å². The molecule has 0 saturated carbocycles. The van der Waals surface area contributed by atoms with Gasteiger partial charge in [0.1, 0.15) is 0 Å². The first-order valence-electron chi connectivity index (χ1n) is 5.49. The van der Waals surface area contributed by atoms with Crippen molar-refractivity contribution >= 4 is 11.9 Å². The largest absolute Gasteiger partial charge is 0.462 e. The standard InChI is InChI=1S/C13H17NO3/c1-4-10-5-7-11(8-6-10)9-14(2)12(15)13(16)17-3/h5-8H,4,9H2,1-3H3. The van der Waals surface area contributed by atoms with E-state index in [0.717, 1.165) is 12.0 Å². The predicted molar refractivity (Wildman–Crippen MR) is 64.3 cm³/mol. The van der Waals surface area contributed by atoms with Gasteiger partial charge in [0.2, 0.25) is 0 Å². The van der Waals surface area contributed by atoms with Gasteiger partial charge in [-0.1, -0.05) is 31.2 Å². The Morgan fingerprint density at radius 1 is 1.18 bits per heavy atom. The van der Waals surface area contributed by atoms with Crippen molar-refractivity contribution in [3.05, 3.63) is 35.4 Å². The van der Waals surface area contributed by atoms with E-state index in [4.69, 9.17) is 0 Å². The van der Waals surface area contributed by atoms with Gasteiger partial charge in [0.25, 0.3) is 0 Å². The molecule has 1 amide bonds. The summed E-state index contributed by atoms with van der Waals surface area (Å²) in [5.74, 6) is -1.47. The first-order chi connectivity index (χ1) is 8.08. The van der Waals surface area contributed by atoms with Crippen LogP contribution >= 0.6 is 0 Å². The normalized spacial score (nSPS) is 9.82. The van der Waals surface area contributed by atoms with Crippen LogP contribution in [-0.4, -0.2) is 30.9 Å². The van der Waals surface area contributed by atoms with E-state index in [1.807, 2.05) is 24.3 Å². The molecule has 0 unspecified atom stereocenters. The first kappa shape index (κ1) is 13.2. The quantitative estimate of drug-likeness (QED) is 0.587. The topological polar surface area (TPSA) is 46.6 Å². The lowest BCUT2D eigenvalue weighted by Crippen LogP contribution is -2.33. The highest BCUT2D eigenvalue weighted by Crippen LogP contribution is 2.07. The number of benzene rings is 1. The molecule has 0 aliphatic heterocycles. The maximum Gasteiger partial charge on any atom is 0.396 e. The minimum absolute atomic E-state index is 0.401. The maximum absolute atomic E-state index is 11.5. The van der Waals surface area contributed by atoms with Crippen LogP contribution in [0.4, 0.5) is 0 Å². The molecule has 92 valence electrons. The van der Waals surface area contributed by atoms with E-state index in [9.17, 15) is 9.59 Å². The molecule has 1 aromatic carbocycles. The summed E-state index contributed by atoms with van der Waals surface area (Å²) >= 11 is 0. The van der Waals surface area contributed by atoms with E-state index in [1.54, 1.807) is 7.05 Å². The van der Waals surface area contributed by atoms with Crippen LogP contribution in [0.15, 0.2) is 24.3 Å². The van der Waals surface area contributed by atoms with Crippen LogP contribution in [0.25, 0.3) is 0 Å². The van der Waals surface area contributed by atoms with E-state index in [0.29, 0.717) is 6.54 Å². The number of hydrogen-bond acceptors (Lipinski definition) is 3. The highest BCUT2D eigenvalue weighted by Gasteiger charge is 2.18. The van der Waals surface area contributed by atoms with Gasteiger partial charge in [-0.05, 0) is 17.5 Å². The Kier molecular flexibility index (Phi) is 4.69. The Bertz CT molecular complexity index is 398. The molecule has 0 spiro atoms. The molecule has 0 saturated heterocycles. The van der Waals surface area contributed by atoms with E-state index in [2.05, 4.69) is 11.7 Å². The molecular weight excluding hydrogens is 218 g/mol. The minimum Gasteiger partial charge on any atom is -0.462 e. The van der Waals surface area contributed by atoms with Gasteiger partial charge in [0.05, 0.1) is 7.11 Å². The molecule has 0 heterocycles. The second-order valence-electron chi connectivity index (χ2n) is 3.82. The molecule has 0 radical (unpaired) electrons. The maximum atomic E-state index is 11.5. The third-order valence-corrected chi connectivity index (χ3v) is 2.56. The third kappa shape index (κ3) is 3.59. The van der Waals surface area contributed by atoms with Gasteiger partial charge in [0, 0.05) is 13.6 Å². The van der Waals surface area contributed by atoms with Crippen LogP contribution < -0.4 is 0 Å². The van der Waals surface area contributed by atoms with Crippen LogP contribution in [0.2, 0.25) is 0 Å². The summed E-state index contributed by atoms with van der Waals surface area (Å²) in [4.78, 5) is 23.8.